The second-order valence-electron chi connectivity index (χ2n) is 6.42. The number of likely N-dealkylation sites (tertiary alicyclic amines) is 1. The molecule has 0 aliphatic carbocycles. The number of nitrogens with two attached hydrogens (primary N) is 1. The fourth-order valence-electron chi connectivity index (χ4n) is 3.24. The highest BCUT2D eigenvalue weighted by Crippen LogP contribution is 2.38. The summed E-state index contributed by atoms with van der Waals surface area (Å²) in [5.41, 5.74) is 7.85. The van der Waals surface area contributed by atoms with E-state index >= 15 is 0 Å². The van der Waals surface area contributed by atoms with E-state index in [1.165, 1.54) is 24.8 Å². The lowest BCUT2D eigenvalue weighted by molar-refractivity contribution is 0.0817. The van der Waals surface area contributed by atoms with Gasteiger partial charge in [-0.3, -0.25) is 4.90 Å². The second-order valence-corrected chi connectivity index (χ2v) is 6.42. The molecule has 2 rings (SSSR count). The number of para-hydroxylation sites is 1. The summed E-state index contributed by atoms with van der Waals surface area (Å²) in [4.78, 5) is 2.54. The Morgan fingerprint density at radius 2 is 1.90 bits per heavy atom. The molecule has 21 heavy (non-hydrogen) atoms. The average molecular weight is 290 g/mol. The van der Waals surface area contributed by atoms with Crippen LogP contribution in [0.25, 0.3) is 0 Å². The van der Waals surface area contributed by atoms with Crippen LogP contribution in [-0.2, 0) is 0 Å². The van der Waals surface area contributed by atoms with Crippen LogP contribution in [0.1, 0.15) is 51.6 Å². The van der Waals surface area contributed by atoms with Gasteiger partial charge in [-0.2, -0.15) is 0 Å². The molecule has 0 aromatic heterocycles. The Morgan fingerprint density at radius 3 is 2.48 bits per heavy atom. The van der Waals surface area contributed by atoms with Crippen LogP contribution in [0, 0.1) is 5.41 Å². The summed E-state index contributed by atoms with van der Waals surface area (Å²) < 4.78 is 5.79. The Bertz CT molecular complexity index is 439. The first kappa shape index (κ1) is 16.3. The van der Waals surface area contributed by atoms with Crippen LogP contribution >= 0.6 is 0 Å². The zero-order valence-electron chi connectivity index (χ0n) is 13.8. The van der Waals surface area contributed by atoms with E-state index in [9.17, 15) is 0 Å². The summed E-state index contributed by atoms with van der Waals surface area (Å²) in [5, 5.41) is 0. The average Bonchev–Trinajstić information content (AvgIpc) is 2.52. The molecule has 0 radical (unpaired) electrons. The molecule has 0 bridgehead atoms. The van der Waals surface area contributed by atoms with Gasteiger partial charge >= 0.3 is 0 Å². The number of hydrogen-bond acceptors (Lipinski definition) is 3. The number of hydrogen-bond donors (Lipinski definition) is 1. The van der Waals surface area contributed by atoms with Crippen LogP contribution < -0.4 is 10.5 Å². The number of piperidine rings is 1. The molecule has 1 unspecified atom stereocenters. The lowest BCUT2D eigenvalue weighted by Gasteiger charge is -2.42. The molecule has 0 amide bonds. The van der Waals surface area contributed by atoms with Crippen molar-refractivity contribution >= 4 is 0 Å². The molecule has 1 aliphatic rings. The molecule has 3 nitrogen and oxygen atoms in total. The number of rotatable bonds is 6. The van der Waals surface area contributed by atoms with Gasteiger partial charge in [0.05, 0.1) is 12.6 Å². The third-order valence-electron chi connectivity index (χ3n) is 5.10. The molecule has 3 heteroatoms. The van der Waals surface area contributed by atoms with Crippen LogP contribution in [0.3, 0.4) is 0 Å². The van der Waals surface area contributed by atoms with Gasteiger partial charge < -0.3 is 10.5 Å². The van der Waals surface area contributed by atoms with Crippen LogP contribution in [-0.4, -0.2) is 31.1 Å². The minimum absolute atomic E-state index is 0.272. The SMILES string of the molecule is CCOc1ccccc1C(CN)N1CCC(C)(CC)CC1. The van der Waals surface area contributed by atoms with Crippen LogP contribution in [0.2, 0.25) is 0 Å². The van der Waals surface area contributed by atoms with Gasteiger partial charge in [0.15, 0.2) is 0 Å². The Balaban J connectivity index is 2.14. The zero-order chi connectivity index (χ0) is 15.3. The van der Waals surface area contributed by atoms with E-state index in [0.717, 1.165) is 18.8 Å². The highest BCUT2D eigenvalue weighted by atomic mass is 16.5. The molecule has 1 atom stereocenters. The van der Waals surface area contributed by atoms with Gasteiger partial charge in [0.25, 0.3) is 0 Å². The minimum atomic E-state index is 0.272. The van der Waals surface area contributed by atoms with E-state index in [2.05, 4.69) is 36.9 Å². The number of benzene rings is 1. The van der Waals surface area contributed by atoms with Gasteiger partial charge in [0.1, 0.15) is 5.75 Å². The summed E-state index contributed by atoms with van der Waals surface area (Å²) in [5.74, 6) is 0.985. The van der Waals surface area contributed by atoms with Crippen molar-refractivity contribution < 1.29 is 4.74 Å². The fourth-order valence-corrected chi connectivity index (χ4v) is 3.24. The maximum atomic E-state index is 6.10. The van der Waals surface area contributed by atoms with Crippen molar-refractivity contribution in [3.63, 3.8) is 0 Å². The molecule has 1 saturated heterocycles. The Hall–Kier alpha value is -1.06. The Kier molecular flexibility index (Phi) is 5.65. The summed E-state index contributed by atoms with van der Waals surface area (Å²) in [7, 11) is 0. The van der Waals surface area contributed by atoms with E-state index in [1.54, 1.807) is 0 Å². The highest BCUT2D eigenvalue weighted by molar-refractivity contribution is 5.36. The second kappa shape index (κ2) is 7.28. The molecule has 2 N–H and O–H groups in total. The summed E-state index contributed by atoms with van der Waals surface area (Å²) in [6.45, 7) is 10.4. The highest BCUT2D eigenvalue weighted by Gasteiger charge is 2.32. The van der Waals surface area contributed by atoms with Crippen molar-refractivity contribution in [1.29, 1.82) is 0 Å². The Morgan fingerprint density at radius 1 is 1.24 bits per heavy atom. The molecular formula is C18H30N2O. The van der Waals surface area contributed by atoms with Crippen molar-refractivity contribution in [3.8, 4) is 5.75 Å². The topological polar surface area (TPSA) is 38.5 Å². The van der Waals surface area contributed by atoms with Crippen LogP contribution in [0.5, 0.6) is 5.75 Å². The summed E-state index contributed by atoms with van der Waals surface area (Å²) in [6.07, 6.45) is 3.79. The van der Waals surface area contributed by atoms with Crippen LogP contribution in [0.4, 0.5) is 0 Å². The standard InChI is InChI=1S/C18H30N2O/c1-4-18(3)10-12-20(13-11-18)16(14-19)15-8-6-7-9-17(15)21-5-2/h6-9,16H,4-5,10-14,19H2,1-3H3. The molecule has 1 aromatic carbocycles. The van der Waals surface area contributed by atoms with Gasteiger partial charge in [0.2, 0.25) is 0 Å². The van der Waals surface area contributed by atoms with Crippen molar-refractivity contribution in [2.45, 2.75) is 46.1 Å². The molecule has 0 spiro atoms. The molecule has 118 valence electrons. The first-order valence-electron chi connectivity index (χ1n) is 8.29. The quantitative estimate of drug-likeness (QED) is 0.870. The number of nitrogens with zero attached hydrogens (tertiary/aromatic N) is 1. The summed E-state index contributed by atoms with van der Waals surface area (Å²) >= 11 is 0. The predicted octanol–water partition coefficient (Wildman–Crippen LogP) is 3.60. The van der Waals surface area contributed by atoms with Crippen molar-refractivity contribution in [3.05, 3.63) is 29.8 Å². The smallest absolute Gasteiger partial charge is 0.124 e. The Labute approximate surface area is 129 Å². The number of ether oxygens (including phenoxy) is 1. The van der Waals surface area contributed by atoms with E-state index < -0.39 is 0 Å². The molecule has 1 heterocycles. The normalized spacial score (nSPS) is 20.2. The van der Waals surface area contributed by atoms with E-state index in [1.807, 2.05) is 13.0 Å². The predicted molar refractivity (Wildman–Crippen MR) is 88.6 cm³/mol. The third-order valence-corrected chi connectivity index (χ3v) is 5.10. The molecule has 1 aliphatic heterocycles. The molecule has 1 fully saturated rings. The lowest BCUT2D eigenvalue weighted by Crippen LogP contribution is -2.42. The van der Waals surface area contributed by atoms with E-state index in [4.69, 9.17) is 10.5 Å². The molecule has 0 saturated carbocycles. The molecule has 1 aromatic rings. The van der Waals surface area contributed by atoms with Crippen molar-refractivity contribution in [1.82, 2.24) is 4.90 Å². The van der Waals surface area contributed by atoms with Crippen molar-refractivity contribution in [2.24, 2.45) is 11.1 Å². The van der Waals surface area contributed by atoms with Crippen LogP contribution in [0.15, 0.2) is 24.3 Å². The maximum Gasteiger partial charge on any atom is 0.124 e. The monoisotopic (exact) mass is 290 g/mol. The minimum Gasteiger partial charge on any atom is -0.494 e. The van der Waals surface area contributed by atoms with Crippen molar-refractivity contribution in [2.75, 3.05) is 26.2 Å². The van der Waals surface area contributed by atoms with Gasteiger partial charge in [-0.15, -0.1) is 0 Å². The lowest BCUT2D eigenvalue weighted by atomic mass is 9.77. The maximum absolute atomic E-state index is 6.10. The van der Waals surface area contributed by atoms with Gasteiger partial charge in [-0.1, -0.05) is 38.5 Å². The largest absolute Gasteiger partial charge is 0.494 e. The fraction of sp³-hybridized carbons (Fsp3) is 0.667. The van der Waals surface area contributed by atoms with E-state index in [-0.39, 0.29) is 6.04 Å². The first-order valence-corrected chi connectivity index (χ1v) is 8.29. The van der Waals surface area contributed by atoms with Gasteiger partial charge in [-0.25, -0.2) is 0 Å². The van der Waals surface area contributed by atoms with E-state index in [0.29, 0.717) is 18.6 Å². The van der Waals surface area contributed by atoms with Gasteiger partial charge in [-0.05, 0) is 44.3 Å². The first-order chi connectivity index (χ1) is 10.1. The zero-order valence-corrected chi connectivity index (χ0v) is 13.8. The summed E-state index contributed by atoms with van der Waals surface area (Å²) in [6, 6.07) is 8.61. The molecular weight excluding hydrogens is 260 g/mol. The van der Waals surface area contributed by atoms with Gasteiger partial charge in [0, 0.05) is 12.1 Å². The third kappa shape index (κ3) is 3.78.